The molecule has 0 aliphatic rings. The van der Waals surface area contributed by atoms with Crippen LogP contribution in [0.2, 0.25) is 0 Å². The smallest absolute Gasteiger partial charge is 0.329 e. The van der Waals surface area contributed by atoms with Crippen molar-refractivity contribution in [1.29, 1.82) is 0 Å². The molecule has 0 fully saturated rings. The maximum absolute atomic E-state index is 12.9. The number of amides is 2. The molecule has 0 unspecified atom stereocenters. The van der Waals surface area contributed by atoms with E-state index in [-0.39, 0.29) is 12.3 Å². The quantitative estimate of drug-likeness (QED) is 0.333. The van der Waals surface area contributed by atoms with Crippen molar-refractivity contribution in [2.75, 3.05) is 6.61 Å². The number of thiophene rings is 1. The molecule has 0 spiro atoms. The van der Waals surface area contributed by atoms with Crippen LogP contribution in [0.15, 0.2) is 78.3 Å². The number of carbonyl (C=O) groups is 3. The summed E-state index contributed by atoms with van der Waals surface area (Å²) in [5.41, 5.74) is 2.75. The number of ether oxygens (including phenoxy) is 1. The van der Waals surface area contributed by atoms with Gasteiger partial charge in [-0.25, -0.2) is 4.79 Å². The highest BCUT2D eigenvalue weighted by Crippen LogP contribution is 2.20. The molecule has 0 bridgehead atoms. The van der Waals surface area contributed by atoms with Gasteiger partial charge in [0.05, 0.1) is 4.88 Å². The zero-order valence-corrected chi connectivity index (χ0v) is 18.6. The number of fused-ring (bicyclic) bond motifs is 1. The van der Waals surface area contributed by atoms with Crippen LogP contribution in [0, 0.1) is 0 Å². The fraction of sp³-hybridized carbons (Fsp3) is 0.160. The third kappa shape index (κ3) is 5.87. The van der Waals surface area contributed by atoms with Gasteiger partial charge in [0.1, 0.15) is 6.04 Å². The third-order valence-electron chi connectivity index (χ3n) is 5.11. The molecule has 2 aromatic heterocycles. The summed E-state index contributed by atoms with van der Waals surface area (Å²) in [6, 6.07) is 19.7. The Labute approximate surface area is 194 Å². The summed E-state index contributed by atoms with van der Waals surface area (Å²) in [7, 11) is 0. The number of para-hydroxylation sites is 1. The Balaban J connectivity index is 1.41. The maximum atomic E-state index is 12.9. The molecule has 1 atom stereocenters. The first-order chi connectivity index (χ1) is 16.1. The van der Waals surface area contributed by atoms with E-state index in [1.165, 1.54) is 11.3 Å². The van der Waals surface area contributed by atoms with Crippen molar-refractivity contribution in [1.82, 2.24) is 15.6 Å². The minimum Gasteiger partial charge on any atom is -0.454 e. The maximum Gasteiger partial charge on any atom is 0.329 e. The van der Waals surface area contributed by atoms with Gasteiger partial charge in [-0.2, -0.15) is 0 Å². The molecule has 0 saturated heterocycles. The molecule has 0 saturated carbocycles. The highest BCUT2D eigenvalue weighted by molar-refractivity contribution is 7.12. The van der Waals surface area contributed by atoms with E-state index in [2.05, 4.69) is 15.6 Å². The Morgan fingerprint density at radius 1 is 0.970 bits per heavy atom. The lowest BCUT2D eigenvalue weighted by atomic mass is 10.0. The van der Waals surface area contributed by atoms with Gasteiger partial charge in [0.15, 0.2) is 6.61 Å². The number of hydrogen-bond donors (Lipinski definition) is 3. The average Bonchev–Trinajstić information content (AvgIpc) is 3.52. The van der Waals surface area contributed by atoms with Gasteiger partial charge >= 0.3 is 5.97 Å². The molecule has 0 aliphatic carbocycles. The average molecular weight is 462 g/mol. The summed E-state index contributed by atoms with van der Waals surface area (Å²) in [6.07, 6.45) is 2.04. The second-order valence-corrected chi connectivity index (χ2v) is 8.38. The second kappa shape index (κ2) is 10.6. The van der Waals surface area contributed by atoms with Crippen molar-refractivity contribution in [3.8, 4) is 0 Å². The summed E-state index contributed by atoms with van der Waals surface area (Å²) >= 11 is 1.28. The van der Waals surface area contributed by atoms with Gasteiger partial charge in [0.2, 0.25) is 0 Å². The molecule has 2 heterocycles. The number of hydrogen-bond acceptors (Lipinski definition) is 5. The van der Waals surface area contributed by atoms with Crippen LogP contribution < -0.4 is 10.6 Å². The normalized spacial score (nSPS) is 11.6. The van der Waals surface area contributed by atoms with Crippen molar-refractivity contribution in [2.45, 2.75) is 19.0 Å². The minimum atomic E-state index is -0.944. The molecule has 0 aliphatic heterocycles. The van der Waals surface area contributed by atoms with Crippen molar-refractivity contribution < 1.29 is 19.1 Å². The molecule has 8 heteroatoms. The molecule has 33 heavy (non-hydrogen) atoms. The van der Waals surface area contributed by atoms with Crippen LogP contribution in [0.4, 0.5) is 0 Å². The highest BCUT2D eigenvalue weighted by Gasteiger charge is 2.25. The number of esters is 1. The van der Waals surface area contributed by atoms with Crippen molar-refractivity contribution in [2.24, 2.45) is 0 Å². The van der Waals surface area contributed by atoms with Crippen LogP contribution in [-0.4, -0.2) is 35.4 Å². The van der Waals surface area contributed by atoms with Gasteiger partial charge in [0.25, 0.3) is 11.8 Å². The molecule has 4 aromatic rings. The van der Waals surface area contributed by atoms with Gasteiger partial charge in [-0.05, 0) is 28.6 Å². The highest BCUT2D eigenvalue weighted by atomic mass is 32.1. The first kappa shape index (κ1) is 22.3. The molecule has 168 valence electrons. The third-order valence-corrected chi connectivity index (χ3v) is 5.98. The summed E-state index contributed by atoms with van der Waals surface area (Å²) in [5, 5.41) is 8.22. The van der Waals surface area contributed by atoms with Crippen LogP contribution in [0.1, 0.15) is 20.8 Å². The molecule has 7 nitrogen and oxygen atoms in total. The molecular formula is C25H23N3O4S. The number of aromatic amines is 1. The second-order valence-electron chi connectivity index (χ2n) is 7.44. The van der Waals surface area contributed by atoms with Crippen LogP contribution >= 0.6 is 11.3 Å². The van der Waals surface area contributed by atoms with E-state index in [9.17, 15) is 14.4 Å². The molecule has 2 aromatic carbocycles. The van der Waals surface area contributed by atoms with Crippen molar-refractivity contribution in [3.05, 3.63) is 94.3 Å². The Bertz CT molecular complexity index is 1240. The van der Waals surface area contributed by atoms with Crippen LogP contribution in [0.5, 0.6) is 0 Å². The van der Waals surface area contributed by atoms with E-state index in [0.717, 1.165) is 22.0 Å². The van der Waals surface area contributed by atoms with E-state index >= 15 is 0 Å². The Morgan fingerprint density at radius 2 is 1.76 bits per heavy atom. The summed E-state index contributed by atoms with van der Waals surface area (Å²) < 4.78 is 5.26. The number of benzene rings is 2. The van der Waals surface area contributed by atoms with E-state index in [0.29, 0.717) is 11.4 Å². The summed E-state index contributed by atoms with van der Waals surface area (Å²) in [4.78, 5) is 41.3. The minimum absolute atomic E-state index is 0.228. The number of aromatic nitrogens is 1. The molecule has 4 rings (SSSR count). The van der Waals surface area contributed by atoms with Crippen LogP contribution in [0.3, 0.4) is 0 Å². The number of carbonyl (C=O) groups excluding carboxylic acids is 3. The number of rotatable bonds is 9. The summed E-state index contributed by atoms with van der Waals surface area (Å²) in [5.74, 6) is -1.44. The standard InChI is InChI=1S/C25H23N3O4S/c29-23(27-14-17-7-2-1-3-8-17)16-32-25(31)21(28-24(30)22-11-6-12-33-22)13-18-15-26-20-10-5-4-9-19(18)20/h1-12,15,21,26H,13-14,16H2,(H,27,29)(H,28,30)/t21-/m0/s1. The molecule has 2 amide bonds. The van der Waals surface area contributed by atoms with Gasteiger partial charge in [-0.1, -0.05) is 54.6 Å². The summed E-state index contributed by atoms with van der Waals surface area (Å²) in [6.45, 7) is -0.0873. The van der Waals surface area contributed by atoms with Gasteiger partial charge in [-0.3, -0.25) is 9.59 Å². The van der Waals surface area contributed by atoms with Crippen LogP contribution in [-0.2, 0) is 27.3 Å². The predicted octanol–water partition coefficient (Wildman–Crippen LogP) is 3.43. The zero-order chi connectivity index (χ0) is 23.0. The van der Waals surface area contributed by atoms with E-state index in [1.54, 1.807) is 17.5 Å². The van der Waals surface area contributed by atoms with Gasteiger partial charge in [-0.15, -0.1) is 11.3 Å². The number of nitrogens with one attached hydrogen (secondary N) is 3. The van der Waals surface area contributed by atoms with E-state index < -0.39 is 24.5 Å². The van der Waals surface area contributed by atoms with E-state index in [1.807, 2.05) is 60.8 Å². The predicted molar refractivity (Wildman–Crippen MR) is 127 cm³/mol. The molecular weight excluding hydrogens is 438 g/mol. The first-order valence-electron chi connectivity index (χ1n) is 10.5. The van der Waals surface area contributed by atoms with Gasteiger partial charge in [0, 0.05) is 30.1 Å². The fourth-order valence-electron chi connectivity index (χ4n) is 3.44. The molecule has 0 radical (unpaired) electrons. The Kier molecular flexibility index (Phi) is 7.16. The largest absolute Gasteiger partial charge is 0.454 e. The number of H-pyrrole nitrogens is 1. The van der Waals surface area contributed by atoms with Crippen molar-refractivity contribution >= 4 is 40.0 Å². The fourth-order valence-corrected chi connectivity index (χ4v) is 4.06. The monoisotopic (exact) mass is 461 g/mol. The Hall–Kier alpha value is -3.91. The lowest BCUT2D eigenvalue weighted by Gasteiger charge is -2.17. The zero-order valence-electron chi connectivity index (χ0n) is 17.7. The van der Waals surface area contributed by atoms with Crippen molar-refractivity contribution in [3.63, 3.8) is 0 Å². The SMILES string of the molecule is O=C(COC(=O)[C@H](Cc1c[nH]c2ccccc12)NC(=O)c1cccs1)NCc1ccccc1. The van der Waals surface area contributed by atoms with Crippen LogP contribution in [0.25, 0.3) is 10.9 Å². The topological polar surface area (TPSA) is 100 Å². The molecule has 3 N–H and O–H groups in total. The lowest BCUT2D eigenvalue weighted by molar-refractivity contribution is -0.150. The lowest BCUT2D eigenvalue weighted by Crippen LogP contribution is -2.44. The Morgan fingerprint density at radius 3 is 2.55 bits per heavy atom. The van der Waals surface area contributed by atoms with Gasteiger partial charge < -0.3 is 20.4 Å². The first-order valence-corrected chi connectivity index (χ1v) is 11.3. The van der Waals surface area contributed by atoms with E-state index in [4.69, 9.17) is 4.74 Å².